The Morgan fingerprint density at radius 2 is 2.00 bits per heavy atom. The van der Waals surface area contributed by atoms with Crippen LogP contribution in [-0.4, -0.2) is 14.5 Å². The Labute approximate surface area is 165 Å². The van der Waals surface area contributed by atoms with Crippen LogP contribution in [0.2, 0.25) is 0 Å². The second-order valence-corrected chi connectivity index (χ2v) is 7.57. The maximum absolute atomic E-state index is 6.14. The number of hydrogen-bond acceptors (Lipinski definition) is 4. The number of nitrogens with two attached hydrogens (primary N) is 3. The number of imidazole rings is 1. The highest BCUT2D eigenvalue weighted by Gasteiger charge is 2.28. The van der Waals surface area contributed by atoms with Gasteiger partial charge in [0.2, 0.25) is 0 Å². The van der Waals surface area contributed by atoms with Crippen LogP contribution in [0.4, 0.5) is 0 Å². The van der Waals surface area contributed by atoms with Crippen LogP contribution < -0.4 is 17.2 Å². The number of aromatic nitrogens is 3. The predicted molar refractivity (Wildman–Crippen MR) is 115 cm³/mol. The molecule has 0 spiro atoms. The molecular weight excluding hydrogens is 348 g/mol. The van der Waals surface area contributed by atoms with Gasteiger partial charge in [0.05, 0.1) is 11.4 Å². The summed E-state index contributed by atoms with van der Waals surface area (Å²) in [6.07, 6.45) is 7.56. The van der Waals surface area contributed by atoms with Gasteiger partial charge in [-0.2, -0.15) is 0 Å². The van der Waals surface area contributed by atoms with Crippen molar-refractivity contribution >= 4 is 17.1 Å². The summed E-state index contributed by atoms with van der Waals surface area (Å²) in [6.45, 7) is 4.31. The third-order valence-corrected chi connectivity index (χ3v) is 5.87. The van der Waals surface area contributed by atoms with E-state index in [9.17, 15) is 0 Å². The fourth-order valence-electron chi connectivity index (χ4n) is 4.36. The molecule has 1 aliphatic rings. The Bertz CT molecular complexity index is 984. The fraction of sp³-hybridized carbons (Fsp3) is 0.318. The number of benzene rings is 1. The van der Waals surface area contributed by atoms with Gasteiger partial charge in [-0.25, -0.2) is 4.98 Å². The van der Waals surface area contributed by atoms with Crippen molar-refractivity contribution in [2.45, 2.75) is 38.1 Å². The van der Waals surface area contributed by atoms with Crippen LogP contribution in [0.3, 0.4) is 0 Å². The summed E-state index contributed by atoms with van der Waals surface area (Å²) in [6, 6.07) is 10.4. The molecular formula is C22H28N6. The summed E-state index contributed by atoms with van der Waals surface area (Å²) in [5.41, 5.74) is 22.6. The quantitative estimate of drug-likeness (QED) is 0.545. The van der Waals surface area contributed by atoms with Gasteiger partial charge < -0.3 is 26.8 Å². The lowest BCUT2D eigenvalue weighted by atomic mass is 9.80. The SMILES string of the molecule is C=C(N)C1CCC(c2nc(-c3cc4ccccc4[nH]3)c(CN)n2/C=C\N)CC1. The largest absolute Gasteiger partial charge is 0.403 e. The normalized spacial score (nSPS) is 20.2. The number of allylic oxidation sites excluding steroid dienone is 1. The molecule has 0 saturated heterocycles. The van der Waals surface area contributed by atoms with E-state index in [4.69, 9.17) is 22.2 Å². The van der Waals surface area contributed by atoms with E-state index in [1.807, 2.05) is 18.3 Å². The molecule has 28 heavy (non-hydrogen) atoms. The number of para-hydroxylation sites is 1. The highest BCUT2D eigenvalue weighted by Crippen LogP contribution is 2.39. The van der Waals surface area contributed by atoms with Gasteiger partial charge in [-0.05, 0) is 43.7 Å². The third-order valence-electron chi connectivity index (χ3n) is 5.87. The lowest BCUT2D eigenvalue weighted by molar-refractivity contribution is 0.351. The van der Waals surface area contributed by atoms with Crippen LogP contribution in [-0.2, 0) is 6.54 Å². The zero-order valence-corrected chi connectivity index (χ0v) is 16.1. The Morgan fingerprint density at radius 3 is 2.64 bits per heavy atom. The Morgan fingerprint density at radius 1 is 1.25 bits per heavy atom. The topological polar surface area (TPSA) is 112 Å². The minimum Gasteiger partial charge on any atom is -0.403 e. The summed E-state index contributed by atoms with van der Waals surface area (Å²) in [5, 5.41) is 1.16. The molecule has 0 atom stereocenters. The van der Waals surface area contributed by atoms with E-state index in [2.05, 4.69) is 34.3 Å². The molecule has 1 aliphatic carbocycles. The molecule has 0 radical (unpaired) electrons. The lowest BCUT2D eigenvalue weighted by Crippen LogP contribution is -2.20. The molecule has 2 heterocycles. The predicted octanol–water partition coefficient (Wildman–Crippen LogP) is 3.62. The van der Waals surface area contributed by atoms with Gasteiger partial charge in [0, 0.05) is 41.5 Å². The first kappa shape index (κ1) is 18.4. The lowest BCUT2D eigenvalue weighted by Gasteiger charge is -2.28. The van der Waals surface area contributed by atoms with E-state index in [0.29, 0.717) is 18.4 Å². The second kappa shape index (κ2) is 7.56. The van der Waals surface area contributed by atoms with E-state index in [-0.39, 0.29) is 0 Å². The number of aromatic amines is 1. The Balaban J connectivity index is 1.76. The van der Waals surface area contributed by atoms with Crippen LogP contribution in [0.5, 0.6) is 0 Å². The molecule has 0 unspecified atom stereocenters. The first-order valence-corrected chi connectivity index (χ1v) is 9.84. The number of nitrogens with zero attached hydrogens (tertiary/aromatic N) is 2. The third kappa shape index (κ3) is 3.20. The van der Waals surface area contributed by atoms with E-state index in [0.717, 1.165) is 65.2 Å². The summed E-state index contributed by atoms with van der Waals surface area (Å²) >= 11 is 0. The number of hydrogen-bond donors (Lipinski definition) is 4. The Kier molecular flexibility index (Phi) is 4.96. The molecule has 1 aromatic carbocycles. The molecule has 3 aromatic rings. The van der Waals surface area contributed by atoms with E-state index in [1.54, 1.807) is 6.20 Å². The minimum absolute atomic E-state index is 0.357. The number of nitrogens with one attached hydrogen (secondary N) is 1. The van der Waals surface area contributed by atoms with Crippen molar-refractivity contribution in [1.29, 1.82) is 0 Å². The monoisotopic (exact) mass is 376 g/mol. The maximum atomic E-state index is 6.14. The van der Waals surface area contributed by atoms with Gasteiger partial charge in [-0.15, -0.1) is 0 Å². The van der Waals surface area contributed by atoms with Crippen LogP contribution in [0.15, 0.2) is 48.8 Å². The Hall–Kier alpha value is -2.99. The average Bonchev–Trinajstić information content (AvgIpc) is 3.29. The van der Waals surface area contributed by atoms with E-state index in [1.165, 1.54) is 0 Å². The van der Waals surface area contributed by atoms with Crippen LogP contribution in [0, 0.1) is 5.92 Å². The molecule has 0 amide bonds. The minimum atomic E-state index is 0.357. The van der Waals surface area contributed by atoms with Crippen molar-refractivity contribution < 1.29 is 0 Å². The maximum Gasteiger partial charge on any atom is 0.117 e. The van der Waals surface area contributed by atoms with Crippen LogP contribution in [0.25, 0.3) is 28.5 Å². The second-order valence-electron chi connectivity index (χ2n) is 7.57. The first-order valence-electron chi connectivity index (χ1n) is 9.84. The molecule has 146 valence electrons. The molecule has 1 fully saturated rings. The van der Waals surface area contributed by atoms with Gasteiger partial charge in [0.15, 0.2) is 0 Å². The molecule has 7 N–H and O–H groups in total. The molecule has 0 aliphatic heterocycles. The van der Waals surface area contributed by atoms with E-state index < -0.39 is 0 Å². The van der Waals surface area contributed by atoms with Crippen molar-refractivity contribution in [1.82, 2.24) is 14.5 Å². The molecule has 2 aromatic heterocycles. The van der Waals surface area contributed by atoms with Crippen molar-refractivity contribution in [2.75, 3.05) is 0 Å². The van der Waals surface area contributed by atoms with Crippen molar-refractivity contribution in [3.63, 3.8) is 0 Å². The zero-order chi connectivity index (χ0) is 19.7. The first-order chi connectivity index (χ1) is 13.6. The molecule has 6 nitrogen and oxygen atoms in total. The molecule has 0 bridgehead atoms. The average molecular weight is 377 g/mol. The highest BCUT2D eigenvalue weighted by molar-refractivity contribution is 5.85. The summed E-state index contributed by atoms with van der Waals surface area (Å²) in [5.74, 6) is 1.79. The van der Waals surface area contributed by atoms with Gasteiger partial charge in [-0.1, -0.05) is 24.8 Å². The number of H-pyrrole nitrogens is 1. The highest BCUT2D eigenvalue weighted by atomic mass is 15.1. The number of fused-ring (bicyclic) bond motifs is 1. The standard InChI is InChI=1S/C22H28N6/c1-14(25)15-6-8-16(9-7-15)22-27-21(20(13-24)28(22)11-10-23)19-12-17-4-2-3-5-18(17)26-19/h2-5,10-12,15-16,26H,1,6-9,13,23-25H2/b11-10-. The van der Waals surface area contributed by atoms with Crippen molar-refractivity contribution in [3.05, 3.63) is 60.3 Å². The van der Waals surface area contributed by atoms with Crippen molar-refractivity contribution in [3.8, 4) is 11.4 Å². The molecule has 1 saturated carbocycles. The smallest absolute Gasteiger partial charge is 0.117 e. The van der Waals surface area contributed by atoms with Crippen LogP contribution in [0.1, 0.15) is 43.1 Å². The van der Waals surface area contributed by atoms with Gasteiger partial charge in [0.25, 0.3) is 0 Å². The number of rotatable bonds is 5. The summed E-state index contributed by atoms with van der Waals surface area (Å²) < 4.78 is 2.07. The fourth-order valence-corrected chi connectivity index (χ4v) is 4.36. The summed E-state index contributed by atoms with van der Waals surface area (Å²) in [4.78, 5) is 8.53. The molecule has 6 heteroatoms. The van der Waals surface area contributed by atoms with Gasteiger partial charge in [0.1, 0.15) is 11.5 Å². The molecule has 4 rings (SSSR count). The zero-order valence-electron chi connectivity index (χ0n) is 16.1. The summed E-state index contributed by atoms with van der Waals surface area (Å²) in [7, 11) is 0. The van der Waals surface area contributed by atoms with Gasteiger partial charge >= 0.3 is 0 Å². The van der Waals surface area contributed by atoms with Crippen molar-refractivity contribution in [2.24, 2.45) is 23.1 Å². The van der Waals surface area contributed by atoms with Crippen LogP contribution >= 0.6 is 0 Å². The van der Waals surface area contributed by atoms with Gasteiger partial charge in [-0.3, -0.25) is 0 Å². The van der Waals surface area contributed by atoms with E-state index >= 15 is 0 Å².